The standard InChI is InChI=1S/C21H18N2OS/c1-14-11-12-25-20(14)21-23-18(16-9-5-6-10-19(16)24-21)13-17(22-23)15-7-3-2-4-8-15/h2-12,18,21H,13H2,1H3. The number of para-hydroxylation sites is 1. The van der Waals surface area contributed by atoms with Crippen molar-refractivity contribution in [2.75, 3.05) is 0 Å². The van der Waals surface area contributed by atoms with Crippen molar-refractivity contribution in [2.45, 2.75) is 25.6 Å². The van der Waals surface area contributed by atoms with E-state index in [1.54, 1.807) is 11.3 Å². The Balaban J connectivity index is 1.62. The van der Waals surface area contributed by atoms with Crippen molar-refractivity contribution in [1.82, 2.24) is 5.01 Å². The van der Waals surface area contributed by atoms with Crippen LogP contribution in [-0.2, 0) is 0 Å². The van der Waals surface area contributed by atoms with E-state index in [0.717, 1.165) is 17.9 Å². The molecule has 4 heteroatoms. The molecule has 0 saturated heterocycles. The first-order valence-electron chi connectivity index (χ1n) is 8.52. The highest BCUT2D eigenvalue weighted by molar-refractivity contribution is 7.10. The minimum atomic E-state index is -0.152. The molecule has 3 nitrogen and oxygen atoms in total. The van der Waals surface area contributed by atoms with E-state index in [1.807, 2.05) is 12.1 Å². The van der Waals surface area contributed by atoms with E-state index < -0.39 is 0 Å². The maximum Gasteiger partial charge on any atom is 0.223 e. The summed E-state index contributed by atoms with van der Waals surface area (Å²) in [6.07, 6.45) is 0.756. The molecule has 2 atom stereocenters. The number of aryl methyl sites for hydroxylation is 1. The molecule has 0 saturated carbocycles. The molecule has 0 fully saturated rings. The molecule has 0 radical (unpaired) electrons. The molecule has 2 unspecified atom stereocenters. The van der Waals surface area contributed by atoms with Gasteiger partial charge in [-0.1, -0.05) is 48.5 Å². The molecular formula is C21H18N2OS. The van der Waals surface area contributed by atoms with Gasteiger partial charge in [-0.3, -0.25) is 0 Å². The van der Waals surface area contributed by atoms with Crippen LogP contribution in [0.2, 0.25) is 0 Å². The first-order chi connectivity index (χ1) is 12.3. The highest BCUT2D eigenvalue weighted by Crippen LogP contribution is 2.48. The average molecular weight is 346 g/mol. The van der Waals surface area contributed by atoms with Crippen molar-refractivity contribution in [2.24, 2.45) is 5.10 Å². The lowest BCUT2D eigenvalue weighted by molar-refractivity contribution is -0.0169. The van der Waals surface area contributed by atoms with Gasteiger partial charge in [-0.15, -0.1) is 11.3 Å². The molecule has 2 aromatic carbocycles. The van der Waals surface area contributed by atoms with E-state index in [1.165, 1.54) is 21.6 Å². The Morgan fingerprint density at radius 2 is 1.84 bits per heavy atom. The van der Waals surface area contributed by atoms with Gasteiger partial charge in [-0.05, 0) is 35.6 Å². The van der Waals surface area contributed by atoms with Crippen molar-refractivity contribution >= 4 is 17.0 Å². The van der Waals surface area contributed by atoms with Crippen molar-refractivity contribution in [3.8, 4) is 5.75 Å². The molecule has 0 spiro atoms. The molecule has 2 aliphatic heterocycles. The average Bonchev–Trinajstić information content (AvgIpc) is 3.28. The lowest BCUT2D eigenvalue weighted by atomic mass is 9.96. The molecule has 3 heterocycles. The second-order valence-corrected chi connectivity index (χ2v) is 7.44. The second kappa shape index (κ2) is 5.74. The largest absolute Gasteiger partial charge is 0.464 e. The number of fused-ring (bicyclic) bond motifs is 3. The third-order valence-corrected chi connectivity index (χ3v) is 5.98. The highest BCUT2D eigenvalue weighted by Gasteiger charge is 2.41. The Kier molecular flexibility index (Phi) is 3.38. The molecule has 0 bridgehead atoms. The lowest BCUT2D eigenvalue weighted by Gasteiger charge is -2.37. The first kappa shape index (κ1) is 14.7. The first-order valence-corrected chi connectivity index (χ1v) is 9.40. The number of hydrazone groups is 1. The SMILES string of the molecule is Cc1ccsc1C1Oc2ccccc2C2CC(c3ccccc3)=NN21. The third kappa shape index (κ3) is 2.36. The third-order valence-electron chi connectivity index (χ3n) is 4.93. The minimum Gasteiger partial charge on any atom is -0.464 e. The fourth-order valence-corrected chi connectivity index (χ4v) is 4.59. The maximum atomic E-state index is 6.38. The van der Waals surface area contributed by atoms with Crippen molar-refractivity contribution in [3.63, 3.8) is 0 Å². The van der Waals surface area contributed by atoms with Gasteiger partial charge in [0.25, 0.3) is 0 Å². The van der Waals surface area contributed by atoms with Crippen molar-refractivity contribution < 1.29 is 4.74 Å². The van der Waals surface area contributed by atoms with Crippen molar-refractivity contribution in [1.29, 1.82) is 0 Å². The quantitative estimate of drug-likeness (QED) is 0.629. The van der Waals surface area contributed by atoms with E-state index in [9.17, 15) is 0 Å². The Morgan fingerprint density at radius 1 is 1.04 bits per heavy atom. The number of ether oxygens (including phenoxy) is 1. The summed E-state index contributed by atoms with van der Waals surface area (Å²) in [6, 6.07) is 21.2. The summed E-state index contributed by atoms with van der Waals surface area (Å²) < 4.78 is 6.38. The molecule has 0 aliphatic carbocycles. The molecule has 2 aliphatic rings. The summed E-state index contributed by atoms with van der Waals surface area (Å²) in [6.45, 7) is 2.14. The van der Waals surface area contributed by atoms with Crippen LogP contribution in [-0.4, -0.2) is 10.7 Å². The molecule has 1 aromatic heterocycles. The van der Waals surface area contributed by atoms with Crippen LogP contribution in [0.5, 0.6) is 5.75 Å². The Labute approximate surface area is 151 Å². The number of hydrogen-bond acceptors (Lipinski definition) is 4. The van der Waals surface area contributed by atoms with Gasteiger partial charge in [0, 0.05) is 12.0 Å². The Hall–Kier alpha value is -2.59. The molecule has 3 aromatic rings. The monoisotopic (exact) mass is 346 g/mol. The lowest BCUT2D eigenvalue weighted by Crippen LogP contribution is -2.33. The van der Waals surface area contributed by atoms with Crippen LogP contribution in [0.1, 0.15) is 40.3 Å². The van der Waals surface area contributed by atoms with Crippen molar-refractivity contribution in [3.05, 3.63) is 87.6 Å². The van der Waals surface area contributed by atoms with Gasteiger partial charge in [0.15, 0.2) is 0 Å². The van der Waals surface area contributed by atoms with Crippen LogP contribution >= 0.6 is 11.3 Å². The zero-order valence-electron chi connectivity index (χ0n) is 13.9. The van der Waals surface area contributed by atoms with Gasteiger partial charge in [0.1, 0.15) is 5.75 Å². The fraction of sp³-hybridized carbons (Fsp3) is 0.190. The molecule has 5 rings (SSSR count). The molecule has 25 heavy (non-hydrogen) atoms. The van der Waals surface area contributed by atoms with Gasteiger partial charge < -0.3 is 4.74 Å². The molecule has 0 amide bonds. The van der Waals surface area contributed by atoms with E-state index in [0.29, 0.717) is 0 Å². The van der Waals surface area contributed by atoms with Crippen LogP contribution in [0.4, 0.5) is 0 Å². The number of benzene rings is 2. The predicted octanol–water partition coefficient (Wildman–Crippen LogP) is 5.30. The highest BCUT2D eigenvalue weighted by atomic mass is 32.1. The second-order valence-electron chi connectivity index (χ2n) is 6.49. The predicted molar refractivity (Wildman–Crippen MR) is 101 cm³/mol. The maximum absolute atomic E-state index is 6.38. The van der Waals surface area contributed by atoms with Crippen LogP contribution in [0.25, 0.3) is 0 Å². The summed E-state index contributed by atoms with van der Waals surface area (Å²) in [4.78, 5) is 1.23. The summed E-state index contributed by atoms with van der Waals surface area (Å²) in [5.41, 5.74) is 4.81. The van der Waals surface area contributed by atoms with Crippen LogP contribution < -0.4 is 4.74 Å². The topological polar surface area (TPSA) is 24.8 Å². The Bertz CT molecular complexity index is 947. The summed E-state index contributed by atoms with van der Waals surface area (Å²) in [5, 5.41) is 9.27. The molecule has 0 N–H and O–H groups in total. The molecule has 124 valence electrons. The van der Waals surface area contributed by atoms with Crippen LogP contribution in [0, 0.1) is 6.92 Å². The zero-order chi connectivity index (χ0) is 16.8. The normalized spacial score (nSPS) is 21.3. The van der Waals surface area contributed by atoms with E-state index >= 15 is 0 Å². The zero-order valence-corrected chi connectivity index (χ0v) is 14.7. The van der Waals surface area contributed by atoms with Crippen LogP contribution in [0.15, 0.2) is 71.1 Å². The smallest absolute Gasteiger partial charge is 0.223 e. The number of thiophene rings is 1. The number of rotatable bonds is 2. The summed E-state index contributed by atoms with van der Waals surface area (Å²) >= 11 is 1.74. The number of nitrogens with zero attached hydrogens (tertiary/aromatic N) is 2. The fourth-order valence-electron chi connectivity index (χ4n) is 3.65. The minimum absolute atomic E-state index is 0.152. The molecular weight excluding hydrogens is 328 g/mol. The van der Waals surface area contributed by atoms with E-state index in [4.69, 9.17) is 9.84 Å². The number of hydrogen-bond donors (Lipinski definition) is 0. The summed E-state index contributed by atoms with van der Waals surface area (Å²) in [7, 11) is 0. The van der Waals surface area contributed by atoms with Gasteiger partial charge in [0.05, 0.1) is 16.6 Å². The van der Waals surface area contributed by atoms with Crippen LogP contribution in [0.3, 0.4) is 0 Å². The van der Waals surface area contributed by atoms with Gasteiger partial charge >= 0.3 is 0 Å². The van der Waals surface area contributed by atoms with Gasteiger partial charge in [0.2, 0.25) is 6.23 Å². The Morgan fingerprint density at radius 3 is 2.64 bits per heavy atom. The van der Waals surface area contributed by atoms with E-state index in [-0.39, 0.29) is 12.3 Å². The van der Waals surface area contributed by atoms with Gasteiger partial charge in [-0.25, -0.2) is 5.01 Å². The van der Waals surface area contributed by atoms with E-state index in [2.05, 4.69) is 65.8 Å². The van der Waals surface area contributed by atoms with Gasteiger partial charge in [-0.2, -0.15) is 5.10 Å². The summed E-state index contributed by atoms with van der Waals surface area (Å²) in [5.74, 6) is 0.978.